The van der Waals surface area contributed by atoms with Gasteiger partial charge in [-0.2, -0.15) is 0 Å². The van der Waals surface area contributed by atoms with Crippen molar-refractivity contribution in [2.45, 2.75) is 45.8 Å². The average Bonchev–Trinajstić information content (AvgIpc) is 2.79. The Morgan fingerprint density at radius 1 is 1.13 bits per heavy atom. The van der Waals surface area contributed by atoms with Crippen molar-refractivity contribution in [1.29, 1.82) is 0 Å². The molecule has 1 N–H and O–H groups in total. The number of benzene rings is 1. The lowest BCUT2D eigenvalue weighted by molar-refractivity contribution is -0.144. The maximum absolute atomic E-state index is 12.1. The molecule has 6 heteroatoms. The second-order valence-electron chi connectivity index (χ2n) is 8.06. The molecule has 1 saturated carbocycles. The van der Waals surface area contributed by atoms with E-state index in [-0.39, 0.29) is 18.6 Å². The summed E-state index contributed by atoms with van der Waals surface area (Å²) in [6, 6.07) is 13.2. The molecule has 1 heterocycles. The second kappa shape index (κ2) is 11.3. The fourth-order valence-corrected chi connectivity index (χ4v) is 3.70. The number of hydrogen-bond acceptors (Lipinski definition) is 5. The van der Waals surface area contributed by atoms with E-state index < -0.39 is 5.97 Å². The largest absolute Gasteiger partial charge is 0.487 e. The lowest BCUT2D eigenvalue weighted by Crippen LogP contribution is -2.45. The fourth-order valence-electron chi connectivity index (χ4n) is 3.70. The number of esters is 1. The van der Waals surface area contributed by atoms with Crippen LogP contribution < -0.4 is 10.1 Å². The Balaban J connectivity index is 1.39. The van der Waals surface area contributed by atoms with Gasteiger partial charge in [-0.1, -0.05) is 44.9 Å². The van der Waals surface area contributed by atoms with Crippen molar-refractivity contribution in [2.75, 3.05) is 6.61 Å². The van der Waals surface area contributed by atoms with Gasteiger partial charge in [-0.3, -0.25) is 9.78 Å². The number of amides is 1. The van der Waals surface area contributed by atoms with E-state index in [2.05, 4.69) is 24.1 Å². The minimum absolute atomic E-state index is 0.156. The van der Waals surface area contributed by atoms with Crippen LogP contribution in [-0.2, 0) is 20.9 Å². The van der Waals surface area contributed by atoms with Crippen LogP contribution in [-0.4, -0.2) is 29.5 Å². The molecule has 0 aliphatic heterocycles. The number of nitrogens with zero attached hydrogens (tertiary/aromatic N) is 1. The van der Waals surface area contributed by atoms with Gasteiger partial charge in [0.1, 0.15) is 12.4 Å². The number of ether oxygens (including phenoxy) is 2. The summed E-state index contributed by atoms with van der Waals surface area (Å²) in [6.45, 7) is 4.51. The number of rotatable bonds is 8. The van der Waals surface area contributed by atoms with E-state index in [1.165, 1.54) is 12.5 Å². The summed E-state index contributed by atoms with van der Waals surface area (Å²) >= 11 is 0. The highest BCUT2D eigenvalue weighted by Crippen LogP contribution is 2.29. The summed E-state index contributed by atoms with van der Waals surface area (Å²) < 4.78 is 10.8. The van der Waals surface area contributed by atoms with Crippen molar-refractivity contribution in [3.63, 3.8) is 0 Å². The number of carbonyl (C=O) groups is 2. The van der Waals surface area contributed by atoms with Gasteiger partial charge in [0.2, 0.25) is 0 Å². The number of nitrogens with one attached hydrogen (secondary N) is 1. The molecular formula is C25H30N2O4. The first-order valence-corrected chi connectivity index (χ1v) is 10.8. The molecule has 2 aromatic rings. The third-order valence-electron chi connectivity index (χ3n) is 5.80. The number of hydrogen-bond donors (Lipinski definition) is 1. The highest BCUT2D eigenvalue weighted by Gasteiger charge is 2.28. The van der Waals surface area contributed by atoms with Crippen LogP contribution in [0.5, 0.6) is 5.75 Å². The highest BCUT2D eigenvalue weighted by atomic mass is 16.5. The summed E-state index contributed by atoms with van der Waals surface area (Å²) in [5.41, 5.74) is 1.68. The first-order valence-electron chi connectivity index (χ1n) is 10.8. The molecule has 3 unspecified atom stereocenters. The van der Waals surface area contributed by atoms with Gasteiger partial charge >= 0.3 is 5.97 Å². The molecule has 31 heavy (non-hydrogen) atoms. The Morgan fingerprint density at radius 2 is 1.94 bits per heavy atom. The second-order valence-corrected chi connectivity index (χ2v) is 8.06. The van der Waals surface area contributed by atoms with Crippen molar-refractivity contribution >= 4 is 18.0 Å². The summed E-state index contributed by atoms with van der Waals surface area (Å²) in [4.78, 5) is 28.3. The van der Waals surface area contributed by atoms with Crippen LogP contribution in [0, 0.1) is 11.8 Å². The third kappa shape index (κ3) is 7.24. The monoisotopic (exact) mass is 422 g/mol. The van der Waals surface area contributed by atoms with Crippen molar-refractivity contribution in [3.8, 4) is 5.75 Å². The van der Waals surface area contributed by atoms with E-state index in [1.807, 2.05) is 42.5 Å². The lowest BCUT2D eigenvalue weighted by Gasteiger charge is -2.34. The smallest absolute Gasteiger partial charge is 0.331 e. The van der Waals surface area contributed by atoms with Crippen molar-refractivity contribution in [3.05, 3.63) is 66.0 Å². The molecule has 1 aliphatic rings. The maximum atomic E-state index is 12.1. The van der Waals surface area contributed by atoms with Crippen LogP contribution in [0.25, 0.3) is 6.08 Å². The van der Waals surface area contributed by atoms with Crippen LogP contribution in [0.3, 0.4) is 0 Å². The van der Waals surface area contributed by atoms with E-state index >= 15 is 0 Å². The molecule has 1 amide bonds. The molecule has 3 atom stereocenters. The van der Waals surface area contributed by atoms with E-state index in [9.17, 15) is 9.59 Å². The summed E-state index contributed by atoms with van der Waals surface area (Å²) in [5, 5.41) is 3.00. The van der Waals surface area contributed by atoms with E-state index in [4.69, 9.17) is 9.47 Å². The number of pyridine rings is 1. The molecule has 0 radical (unpaired) electrons. The molecule has 1 aromatic heterocycles. The standard InChI is InChI=1S/C25H30N2O4/c1-18-6-5-8-23(19(18)2)27-24(28)17-31-25(29)14-11-20-9-12-22(13-10-20)30-16-21-7-3-4-15-26-21/h3-4,7,9-15,18-19,23H,5-6,8,16-17H2,1-2H3,(H,27,28)/b14-11+. The Labute approximate surface area is 183 Å². The predicted molar refractivity (Wildman–Crippen MR) is 119 cm³/mol. The zero-order valence-corrected chi connectivity index (χ0v) is 18.1. The van der Waals surface area contributed by atoms with Gasteiger partial charge in [-0.05, 0) is 54.2 Å². The van der Waals surface area contributed by atoms with Gasteiger partial charge in [-0.25, -0.2) is 4.79 Å². The van der Waals surface area contributed by atoms with Gasteiger partial charge in [0, 0.05) is 18.3 Å². The average molecular weight is 423 g/mol. The van der Waals surface area contributed by atoms with Crippen LogP contribution in [0.15, 0.2) is 54.7 Å². The minimum Gasteiger partial charge on any atom is -0.487 e. The Bertz CT molecular complexity index is 880. The minimum atomic E-state index is -0.546. The Hall–Kier alpha value is -3.15. The van der Waals surface area contributed by atoms with E-state index in [0.29, 0.717) is 24.2 Å². The molecule has 6 nitrogen and oxygen atoms in total. The van der Waals surface area contributed by atoms with Crippen LogP contribution in [0.1, 0.15) is 44.4 Å². The third-order valence-corrected chi connectivity index (χ3v) is 5.80. The van der Waals surface area contributed by atoms with Crippen LogP contribution >= 0.6 is 0 Å². The quantitative estimate of drug-likeness (QED) is 0.511. The molecular weight excluding hydrogens is 392 g/mol. The molecule has 1 aromatic carbocycles. The van der Waals surface area contributed by atoms with Crippen molar-refractivity contribution < 1.29 is 19.1 Å². The van der Waals surface area contributed by atoms with E-state index in [1.54, 1.807) is 12.3 Å². The summed E-state index contributed by atoms with van der Waals surface area (Å²) in [5.74, 6) is 0.951. The molecule has 1 fully saturated rings. The van der Waals surface area contributed by atoms with Crippen LogP contribution in [0.2, 0.25) is 0 Å². The Kier molecular flexibility index (Phi) is 8.21. The fraction of sp³-hybridized carbons (Fsp3) is 0.400. The number of carbonyl (C=O) groups excluding carboxylic acids is 2. The number of aromatic nitrogens is 1. The molecule has 0 saturated heterocycles. The SMILES string of the molecule is CC1CCCC(NC(=O)COC(=O)/C=C/c2ccc(OCc3ccccn3)cc2)C1C. The Morgan fingerprint density at radius 3 is 2.68 bits per heavy atom. The van der Waals surface area contributed by atoms with Gasteiger partial charge in [-0.15, -0.1) is 0 Å². The summed E-state index contributed by atoms with van der Waals surface area (Å²) in [7, 11) is 0. The van der Waals surface area contributed by atoms with Crippen molar-refractivity contribution in [1.82, 2.24) is 10.3 Å². The molecule has 164 valence electrons. The molecule has 3 rings (SSSR count). The topological polar surface area (TPSA) is 77.5 Å². The van der Waals surface area contributed by atoms with Gasteiger partial charge < -0.3 is 14.8 Å². The lowest BCUT2D eigenvalue weighted by atomic mass is 9.78. The van der Waals surface area contributed by atoms with Gasteiger partial charge in [0.05, 0.1) is 5.69 Å². The van der Waals surface area contributed by atoms with E-state index in [0.717, 1.165) is 24.1 Å². The normalized spacial score (nSPS) is 20.9. The first-order chi connectivity index (χ1) is 15.0. The first kappa shape index (κ1) is 22.5. The maximum Gasteiger partial charge on any atom is 0.331 e. The van der Waals surface area contributed by atoms with Crippen LogP contribution in [0.4, 0.5) is 0 Å². The summed E-state index contributed by atoms with van der Waals surface area (Å²) in [6.07, 6.45) is 7.99. The molecule has 1 aliphatic carbocycles. The zero-order valence-electron chi connectivity index (χ0n) is 18.1. The predicted octanol–water partition coefficient (Wildman–Crippen LogP) is 4.16. The highest BCUT2D eigenvalue weighted by molar-refractivity contribution is 5.89. The van der Waals surface area contributed by atoms with Gasteiger partial charge in [0.25, 0.3) is 5.91 Å². The van der Waals surface area contributed by atoms with Gasteiger partial charge in [0.15, 0.2) is 6.61 Å². The molecule has 0 spiro atoms. The van der Waals surface area contributed by atoms with Crippen molar-refractivity contribution in [2.24, 2.45) is 11.8 Å². The molecule has 0 bridgehead atoms. The zero-order chi connectivity index (χ0) is 22.1.